The number of aromatic nitrogens is 2. The molecule has 1 aromatic heterocycles. The zero-order chi connectivity index (χ0) is 12.4. The Morgan fingerprint density at radius 2 is 1.89 bits per heavy atom. The van der Waals surface area contributed by atoms with Gasteiger partial charge in [-0.05, 0) is 38.1 Å². The zero-order valence-corrected chi connectivity index (χ0v) is 10.8. The van der Waals surface area contributed by atoms with Gasteiger partial charge in [-0.3, -0.25) is 0 Å². The average Bonchev–Trinajstić information content (AvgIpc) is 2.91. The van der Waals surface area contributed by atoms with Gasteiger partial charge in [0.15, 0.2) is 0 Å². The van der Waals surface area contributed by atoms with Crippen LogP contribution in [-0.2, 0) is 5.41 Å². The van der Waals surface area contributed by atoms with Gasteiger partial charge in [-0.25, -0.2) is 4.98 Å². The van der Waals surface area contributed by atoms with Gasteiger partial charge in [0.1, 0.15) is 0 Å². The van der Waals surface area contributed by atoms with E-state index in [-0.39, 0.29) is 5.41 Å². The first-order valence-electron chi connectivity index (χ1n) is 6.59. The predicted octanol–water partition coefficient (Wildman–Crippen LogP) is 2.51. The third-order valence-corrected chi connectivity index (χ3v) is 4.00. The van der Waals surface area contributed by atoms with Crippen LogP contribution in [0.4, 0.5) is 0 Å². The summed E-state index contributed by atoms with van der Waals surface area (Å²) >= 11 is 0. The van der Waals surface area contributed by atoms with Crippen LogP contribution in [0.25, 0.3) is 5.69 Å². The standard InChI is InChI=1S/C15H19N3/c1-15(7-9-16-10-8-15)14-11-17-12-18(14)13-5-3-2-4-6-13/h2-6,11-12,16H,7-10H2,1H3. The quantitative estimate of drug-likeness (QED) is 0.875. The molecule has 1 fully saturated rings. The van der Waals surface area contributed by atoms with Crippen molar-refractivity contribution in [3.63, 3.8) is 0 Å². The van der Waals surface area contributed by atoms with Gasteiger partial charge in [0.2, 0.25) is 0 Å². The van der Waals surface area contributed by atoms with E-state index in [1.807, 2.05) is 18.6 Å². The topological polar surface area (TPSA) is 29.9 Å². The first-order chi connectivity index (χ1) is 8.80. The second-order valence-corrected chi connectivity index (χ2v) is 5.30. The average molecular weight is 241 g/mol. The molecule has 1 aliphatic heterocycles. The molecule has 0 atom stereocenters. The summed E-state index contributed by atoms with van der Waals surface area (Å²) in [6.45, 7) is 4.54. The maximum atomic E-state index is 4.36. The van der Waals surface area contributed by atoms with E-state index in [1.54, 1.807) is 0 Å². The minimum atomic E-state index is 0.234. The summed E-state index contributed by atoms with van der Waals surface area (Å²) in [4.78, 5) is 4.36. The van der Waals surface area contributed by atoms with E-state index in [1.165, 1.54) is 24.2 Å². The highest BCUT2D eigenvalue weighted by Gasteiger charge is 2.31. The Bertz CT molecular complexity index is 510. The molecule has 3 rings (SSSR count). The second kappa shape index (κ2) is 4.58. The fourth-order valence-corrected chi connectivity index (χ4v) is 2.77. The molecule has 0 amide bonds. The Labute approximate surface area is 108 Å². The van der Waals surface area contributed by atoms with Crippen LogP contribution in [0.3, 0.4) is 0 Å². The fraction of sp³-hybridized carbons (Fsp3) is 0.400. The molecule has 94 valence electrons. The van der Waals surface area contributed by atoms with Gasteiger partial charge in [-0.2, -0.15) is 0 Å². The summed E-state index contributed by atoms with van der Waals surface area (Å²) in [5, 5.41) is 3.43. The maximum Gasteiger partial charge on any atom is 0.0994 e. The summed E-state index contributed by atoms with van der Waals surface area (Å²) < 4.78 is 2.23. The number of hydrogen-bond donors (Lipinski definition) is 1. The molecule has 1 aromatic carbocycles. The van der Waals surface area contributed by atoms with Crippen molar-refractivity contribution in [3.8, 4) is 5.69 Å². The largest absolute Gasteiger partial charge is 0.317 e. The first-order valence-corrected chi connectivity index (χ1v) is 6.59. The molecule has 1 saturated heterocycles. The molecular weight excluding hydrogens is 222 g/mol. The number of nitrogens with zero attached hydrogens (tertiary/aromatic N) is 2. The number of nitrogens with one attached hydrogen (secondary N) is 1. The van der Waals surface area contributed by atoms with Crippen molar-refractivity contribution in [1.82, 2.24) is 14.9 Å². The van der Waals surface area contributed by atoms with Crippen LogP contribution < -0.4 is 5.32 Å². The molecule has 0 aliphatic carbocycles. The maximum absolute atomic E-state index is 4.36. The Morgan fingerprint density at radius 1 is 1.17 bits per heavy atom. The Kier molecular flexibility index (Phi) is 2.92. The van der Waals surface area contributed by atoms with Gasteiger partial charge in [0, 0.05) is 23.0 Å². The van der Waals surface area contributed by atoms with Crippen LogP contribution in [0.5, 0.6) is 0 Å². The highest BCUT2D eigenvalue weighted by molar-refractivity contribution is 5.35. The van der Waals surface area contributed by atoms with Crippen molar-refractivity contribution in [2.75, 3.05) is 13.1 Å². The molecule has 3 heteroatoms. The first kappa shape index (κ1) is 11.5. The van der Waals surface area contributed by atoms with Crippen molar-refractivity contribution in [2.24, 2.45) is 0 Å². The molecule has 0 radical (unpaired) electrons. The molecular formula is C15H19N3. The second-order valence-electron chi connectivity index (χ2n) is 5.30. The van der Waals surface area contributed by atoms with Crippen molar-refractivity contribution in [2.45, 2.75) is 25.2 Å². The monoisotopic (exact) mass is 241 g/mol. The summed E-state index contributed by atoms with van der Waals surface area (Å²) in [5.74, 6) is 0. The van der Waals surface area contributed by atoms with E-state index in [0.29, 0.717) is 0 Å². The zero-order valence-electron chi connectivity index (χ0n) is 10.8. The highest BCUT2D eigenvalue weighted by Crippen LogP contribution is 2.33. The summed E-state index contributed by atoms with van der Waals surface area (Å²) in [6.07, 6.45) is 6.30. The molecule has 1 N–H and O–H groups in total. The fourth-order valence-electron chi connectivity index (χ4n) is 2.77. The van der Waals surface area contributed by atoms with Crippen LogP contribution in [-0.4, -0.2) is 22.6 Å². The summed E-state index contributed by atoms with van der Waals surface area (Å²) in [5.41, 5.74) is 2.76. The van der Waals surface area contributed by atoms with Gasteiger partial charge in [0.05, 0.1) is 6.33 Å². The van der Waals surface area contributed by atoms with Gasteiger partial charge in [-0.1, -0.05) is 25.1 Å². The lowest BCUT2D eigenvalue weighted by molar-refractivity contribution is 0.324. The van der Waals surface area contributed by atoms with Gasteiger partial charge in [-0.15, -0.1) is 0 Å². The van der Waals surface area contributed by atoms with E-state index >= 15 is 0 Å². The molecule has 0 unspecified atom stereocenters. The predicted molar refractivity (Wildman–Crippen MR) is 73.0 cm³/mol. The number of piperidine rings is 1. The van der Waals surface area contributed by atoms with Crippen LogP contribution in [0, 0.1) is 0 Å². The van der Waals surface area contributed by atoms with Crippen molar-refractivity contribution < 1.29 is 0 Å². The Morgan fingerprint density at radius 3 is 2.61 bits per heavy atom. The third-order valence-electron chi connectivity index (χ3n) is 4.00. The Balaban J connectivity index is 2.01. The van der Waals surface area contributed by atoms with Crippen LogP contribution in [0.1, 0.15) is 25.5 Å². The highest BCUT2D eigenvalue weighted by atomic mass is 15.1. The third kappa shape index (κ3) is 1.95. The SMILES string of the molecule is CC1(c2cncn2-c2ccccc2)CCNCC1. The van der Waals surface area contributed by atoms with E-state index in [2.05, 4.69) is 46.1 Å². The molecule has 2 aromatic rings. The number of hydrogen-bond acceptors (Lipinski definition) is 2. The minimum absolute atomic E-state index is 0.234. The summed E-state index contributed by atoms with van der Waals surface area (Å²) in [7, 11) is 0. The molecule has 1 aliphatic rings. The Hall–Kier alpha value is -1.61. The van der Waals surface area contributed by atoms with Gasteiger partial charge >= 0.3 is 0 Å². The van der Waals surface area contributed by atoms with E-state index in [9.17, 15) is 0 Å². The van der Waals surface area contributed by atoms with Crippen molar-refractivity contribution in [1.29, 1.82) is 0 Å². The number of para-hydroxylation sites is 1. The molecule has 3 nitrogen and oxygen atoms in total. The molecule has 18 heavy (non-hydrogen) atoms. The van der Waals surface area contributed by atoms with Crippen LogP contribution in [0.2, 0.25) is 0 Å². The van der Waals surface area contributed by atoms with E-state index in [0.717, 1.165) is 13.1 Å². The van der Waals surface area contributed by atoms with Crippen molar-refractivity contribution >= 4 is 0 Å². The van der Waals surface area contributed by atoms with E-state index < -0.39 is 0 Å². The summed E-state index contributed by atoms with van der Waals surface area (Å²) in [6, 6.07) is 10.5. The molecule has 0 spiro atoms. The number of imidazole rings is 1. The normalized spacial score (nSPS) is 18.7. The van der Waals surface area contributed by atoms with Crippen LogP contribution in [0.15, 0.2) is 42.9 Å². The molecule has 0 saturated carbocycles. The number of rotatable bonds is 2. The molecule has 0 bridgehead atoms. The smallest absolute Gasteiger partial charge is 0.0994 e. The number of benzene rings is 1. The van der Waals surface area contributed by atoms with Gasteiger partial charge in [0.25, 0.3) is 0 Å². The van der Waals surface area contributed by atoms with E-state index in [4.69, 9.17) is 0 Å². The van der Waals surface area contributed by atoms with Crippen molar-refractivity contribution in [3.05, 3.63) is 48.5 Å². The van der Waals surface area contributed by atoms with Gasteiger partial charge < -0.3 is 9.88 Å². The lowest BCUT2D eigenvalue weighted by Gasteiger charge is -2.34. The lowest BCUT2D eigenvalue weighted by atomic mass is 9.78. The van der Waals surface area contributed by atoms with Crippen LogP contribution >= 0.6 is 0 Å². The lowest BCUT2D eigenvalue weighted by Crippen LogP contribution is -2.38. The molecule has 2 heterocycles. The minimum Gasteiger partial charge on any atom is -0.317 e.